The maximum absolute atomic E-state index is 14.4. The Morgan fingerprint density at radius 2 is 2.19 bits per heavy atom. The van der Waals surface area contributed by atoms with E-state index in [0.29, 0.717) is 17.7 Å². The number of nitrogens with zero attached hydrogens (tertiary/aromatic N) is 2. The molecule has 0 saturated carbocycles. The van der Waals surface area contributed by atoms with Crippen LogP contribution in [0.4, 0.5) is 10.2 Å². The Bertz CT molecular complexity index is 882. The number of nitrogens with two attached hydrogens (primary N) is 1. The predicted molar refractivity (Wildman–Crippen MR) is 105 cm³/mol. The molecule has 0 amide bonds. The zero-order valence-corrected chi connectivity index (χ0v) is 15.7. The molecule has 0 aliphatic carbocycles. The van der Waals surface area contributed by atoms with Crippen LogP contribution in [-0.4, -0.2) is 31.2 Å². The molecule has 142 valence electrons. The van der Waals surface area contributed by atoms with Crippen LogP contribution in [0.1, 0.15) is 35.7 Å². The first-order valence-corrected chi connectivity index (χ1v) is 9.32. The van der Waals surface area contributed by atoms with Crippen LogP contribution < -0.4 is 20.7 Å². The van der Waals surface area contributed by atoms with Crippen LogP contribution in [0.25, 0.3) is 5.57 Å². The van der Waals surface area contributed by atoms with Crippen molar-refractivity contribution >= 4 is 11.4 Å². The van der Waals surface area contributed by atoms with Crippen molar-refractivity contribution in [3.05, 3.63) is 59.2 Å². The molecule has 6 heteroatoms. The number of aromatic nitrogens is 1. The van der Waals surface area contributed by atoms with Crippen molar-refractivity contribution in [2.24, 2.45) is 5.73 Å². The van der Waals surface area contributed by atoms with E-state index in [9.17, 15) is 4.39 Å². The van der Waals surface area contributed by atoms with E-state index in [4.69, 9.17) is 15.5 Å². The van der Waals surface area contributed by atoms with Crippen molar-refractivity contribution in [2.75, 3.05) is 25.1 Å². The van der Waals surface area contributed by atoms with Gasteiger partial charge in [-0.15, -0.1) is 0 Å². The highest BCUT2D eigenvalue weighted by Gasteiger charge is 2.26. The number of benzene rings is 1. The van der Waals surface area contributed by atoms with Gasteiger partial charge in [0, 0.05) is 31.8 Å². The van der Waals surface area contributed by atoms with E-state index < -0.39 is 0 Å². The predicted octanol–water partition coefficient (Wildman–Crippen LogP) is 3.15. The number of aryl methyl sites for hydroxylation is 1. The first kappa shape index (κ1) is 17.8. The van der Waals surface area contributed by atoms with Gasteiger partial charge in [-0.3, -0.25) is 0 Å². The summed E-state index contributed by atoms with van der Waals surface area (Å²) in [5.41, 5.74) is 9.59. The second kappa shape index (κ2) is 7.19. The summed E-state index contributed by atoms with van der Waals surface area (Å²) < 4.78 is 19.8. The van der Waals surface area contributed by atoms with Gasteiger partial charge < -0.3 is 20.7 Å². The Morgan fingerprint density at radius 1 is 1.33 bits per heavy atom. The minimum Gasteiger partial charge on any atom is -0.496 e. The highest BCUT2D eigenvalue weighted by molar-refractivity contribution is 5.73. The van der Waals surface area contributed by atoms with Crippen LogP contribution in [-0.2, 0) is 0 Å². The number of pyridine rings is 1. The molecule has 2 aliphatic rings. The lowest BCUT2D eigenvalue weighted by molar-refractivity contribution is 0.409. The van der Waals surface area contributed by atoms with Gasteiger partial charge in [0.1, 0.15) is 17.4 Å². The molecule has 1 aromatic heterocycles. The first-order chi connectivity index (χ1) is 13.0. The smallest absolute Gasteiger partial charge is 0.134 e. The number of methoxy groups -OCH3 is 1. The Balaban J connectivity index is 1.58. The largest absolute Gasteiger partial charge is 0.496 e. The van der Waals surface area contributed by atoms with Gasteiger partial charge >= 0.3 is 0 Å². The Labute approximate surface area is 159 Å². The van der Waals surface area contributed by atoms with Gasteiger partial charge in [-0.2, -0.15) is 0 Å². The molecule has 0 radical (unpaired) electrons. The molecule has 1 aromatic carbocycles. The molecule has 1 saturated heterocycles. The van der Waals surface area contributed by atoms with E-state index in [2.05, 4.69) is 29.3 Å². The normalized spacial score (nSPS) is 21.9. The lowest BCUT2D eigenvalue weighted by Gasteiger charge is -2.20. The fourth-order valence-corrected chi connectivity index (χ4v) is 3.90. The van der Waals surface area contributed by atoms with E-state index >= 15 is 0 Å². The van der Waals surface area contributed by atoms with E-state index in [1.807, 2.05) is 6.20 Å². The summed E-state index contributed by atoms with van der Waals surface area (Å²) in [4.78, 5) is 7.12. The number of hydrogen-bond acceptors (Lipinski definition) is 5. The van der Waals surface area contributed by atoms with Crippen molar-refractivity contribution in [3.8, 4) is 5.75 Å². The molecule has 3 heterocycles. The fraction of sp³-hybridized carbons (Fsp3) is 0.381. The third kappa shape index (κ3) is 3.49. The lowest BCUT2D eigenvalue weighted by atomic mass is 9.99. The molecule has 5 nitrogen and oxygen atoms in total. The number of nitrogens with one attached hydrogen (secondary N) is 1. The van der Waals surface area contributed by atoms with Crippen LogP contribution in [0.5, 0.6) is 5.75 Å². The van der Waals surface area contributed by atoms with Crippen LogP contribution in [0, 0.1) is 12.7 Å². The van der Waals surface area contributed by atoms with Gasteiger partial charge in [0.2, 0.25) is 0 Å². The Morgan fingerprint density at radius 3 is 2.93 bits per heavy atom. The summed E-state index contributed by atoms with van der Waals surface area (Å²) >= 11 is 0. The molecular formula is C21H25FN4O. The number of halogens is 1. The average Bonchev–Trinajstić information content (AvgIpc) is 3.30. The van der Waals surface area contributed by atoms with Crippen LogP contribution >= 0.6 is 0 Å². The minimum absolute atomic E-state index is 0.0132. The van der Waals surface area contributed by atoms with E-state index in [1.165, 1.54) is 6.07 Å². The number of hydrogen-bond donors (Lipinski definition) is 2. The highest BCUT2D eigenvalue weighted by Crippen LogP contribution is 2.38. The fourth-order valence-electron chi connectivity index (χ4n) is 3.90. The van der Waals surface area contributed by atoms with Crippen molar-refractivity contribution < 1.29 is 9.13 Å². The van der Waals surface area contributed by atoms with Crippen LogP contribution in [0.15, 0.2) is 36.5 Å². The van der Waals surface area contributed by atoms with Crippen molar-refractivity contribution in [1.29, 1.82) is 0 Å². The molecule has 1 unspecified atom stereocenters. The molecule has 3 N–H and O–H groups in total. The molecule has 2 aliphatic heterocycles. The lowest BCUT2D eigenvalue weighted by Crippen LogP contribution is -2.27. The van der Waals surface area contributed by atoms with Crippen LogP contribution in [0.3, 0.4) is 0 Å². The summed E-state index contributed by atoms with van der Waals surface area (Å²) in [6, 6.07) is 9.32. The standard InChI is InChI=1S/C21H25FN4O/c1-13-8-18(25-20(9-13)26-7-6-15(23)12-26)17-10-14(11-24-17)21-16(22)4-3-5-19(21)27-2/h3-5,8-9,11,15,17,24H,6-7,10,12,23H2,1-2H3/t15-,17?/m0/s1. The highest BCUT2D eigenvalue weighted by atomic mass is 19.1. The third-order valence-electron chi connectivity index (χ3n) is 5.28. The summed E-state index contributed by atoms with van der Waals surface area (Å²) in [6.07, 6.45) is 3.53. The molecule has 27 heavy (non-hydrogen) atoms. The minimum atomic E-state index is -0.271. The van der Waals surface area contributed by atoms with E-state index in [-0.39, 0.29) is 17.9 Å². The molecule has 2 atom stereocenters. The Kier molecular flexibility index (Phi) is 4.74. The zero-order chi connectivity index (χ0) is 19.0. The monoisotopic (exact) mass is 368 g/mol. The molecule has 0 bridgehead atoms. The first-order valence-electron chi connectivity index (χ1n) is 9.32. The number of rotatable bonds is 4. The third-order valence-corrected chi connectivity index (χ3v) is 5.28. The van der Waals surface area contributed by atoms with Crippen LogP contribution in [0.2, 0.25) is 0 Å². The van der Waals surface area contributed by atoms with Crippen molar-refractivity contribution in [1.82, 2.24) is 10.3 Å². The van der Waals surface area contributed by atoms with Gasteiger partial charge in [-0.05, 0) is 48.7 Å². The second-order valence-electron chi connectivity index (χ2n) is 7.33. The van der Waals surface area contributed by atoms with Gasteiger partial charge in [-0.1, -0.05) is 6.07 Å². The SMILES string of the molecule is COc1cccc(F)c1C1=CNC(c2cc(C)cc(N3CC[C@H](N)C3)n2)C1. The molecule has 4 rings (SSSR count). The second-order valence-corrected chi connectivity index (χ2v) is 7.33. The van der Waals surface area contributed by atoms with E-state index in [1.54, 1.807) is 19.2 Å². The van der Waals surface area contributed by atoms with Crippen molar-refractivity contribution in [2.45, 2.75) is 31.8 Å². The number of ether oxygens (including phenoxy) is 1. The summed E-state index contributed by atoms with van der Waals surface area (Å²) in [5, 5.41) is 3.36. The Hall–Kier alpha value is -2.60. The number of anilines is 1. The quantitative estimate of drug-likeness (QED) is 0.868. The summed E-state index contributed by atoms with van der Waals surface area (Å²) in [7, 11) is 1.56. The van der Waals surface area contributed by atoms with Gasteiger partial charge in [0.05, 0.1) is 24.4 Å². The van der Waals surface area contributed by atoms with Gasteiger partial charge in [0.15, 0.2) is 0 Å². The van der Waals surface area contributed by atoms with E-state index in [0.717, 1.165) is 42.2 Å². The summed E-state index contributed by atoms with van der Waals surface area (Å²) in [6.45, 7) is 3.85. The van der Waals surface area contributed by atoms with Gasteiger partial charge in [-0.25, -0.2) is 9.37 Å². The average molecular weight is 368 g/mol. The molecule has 0 spiro atoms. The maximum atomic E-state index is 14.4. The molecule has 2 aromatic rings. The topological polar surface area (TPSA) is 63.4 Å². The zero-order valence-electron chi connectivity index (χ0n) is 15.7. The molecule has 1 fully saturated rings. The van der Waals surface area contributed by atoms with Gasteiger partial charge in [0.25, 0.3) is 0 Å². The van der Waals surface area contributed by atoms with Crippen molar-refractivity contribution in [3.63, 3.8) is 0 Å². The maximum Gasteiger partial charge on any atom is 0.134 e. The molecular weight excluding hydrogens is 343 g/mol. The summed E-state index contributed by atoms with van der Waals surface area (Å²) in [5.74, 6) is 1.25.